The minimum Gasteiger partial charge on any atom is -0.471 e. The van der Waals surface area contributed by atoms with Gasteiger partial charge in [-0.2, -0.15) is 4.37 Å². The van der Waals surface area contributed by atoms with Gasteiger partial charge >= 0.3 is 0 Å². The molecule has 2 heterocycles. The van der Waals surface area contributed by atoms with E-state index in [1.807, 2.05) is 29.2 Å². The van der Waals surface area contributed by atoms with Crippen LogP contribution in [0, 0.1) is 0 Å². The largest absolute Gasteiger partial charge is 0.471 e. The molecule has 116 valence electrons. The average Bonchev–Trinajstić information content (AvgIpc) is 3.18. The third-order valence-electron chi connectivity index (χ3n) is 3.69. The fourth-order valence-electron chi connectivity index (χ4n) is 2.53. The number of carbonyl (C=O) groups is 1. The van der Waals surface area contributed by atoms with Crippen molar-refractivity contribution in [2.45, 2.75) is 25.4 Å². The van der Waals surface area contributed by atoms with Crippen LogP contribution in [0.2, 0.25) is 0 Å². The summed E-state index contributed by atoms with van der Waals surface area (Å²) in [6.07, 6.45) is 3.75. The molecule has 7 heteroatoms. The van der Waals surface area contributed by atoms with Crippen molar-refractivity contribution in [3.63, 3.8) is 0 Å². The number of hydrogen-bond acceptors (Lipinski definition) is 5. The number of aromatic nitrogens is 2. The van der Waals surface area contributed by atoms with Crippen molar-refractivity contribution in [2.75, 3.05) is 13.1 Å². The molecule has 1 atom stereocenters. The van der Waals surface area contributed by atoms with Crippen LogP contribution in [0.5, 0.6) is 5.88 Å². The molecule has 1 aliphatic rings. The Kier molecular flexibility index (Phi) is 5.04. The van der Waals surface area contributed by atoms with E-state index in [2.05, 4.69) is 24.7 Å². The molecule has 0 aliphatic carbocycles. The molecule has 0 saturated carbocycles. The van der Waals surface area contributed by atoms with Gasteiger partial charge in [0, 0.05) is 23.9 Å². The summed E-state index contributed by atoms with van der Waals surface area (Å²) < 4.78 is 14.7. The minimum absolute atomic E-state index is 0.0244. The Morgan fingerprint density at radius 2 is 2.32 bits per heavy atom. The highest BCUT2D eigenvalue weighted by molar-refractivity contribution is 9.10. The third-order valence-corrected chi connectivity index (χ3v) is 4.93. The Morgan fingerprint density at radius 1 is 1.45 bits per heavy atom. The number of carbonyl (C=O) groups excluding carboxylic acids is 1. The van der Waals surface area contributed by atoms with Crippen molar-refractivity contribution in [3.05, 3.63) is 40.5 Å². The fourth-order valence-corrected chi connectivity index (χ4v) is 3.37. The molecule has 2 aromatic rings. The van der Waals surface area contributed by atoms with Crippen LogP contribution in [0.4, 0.5) is 0 Å². The van der Waals surface area contributed by atoms with Crippen molar-refractivity contribution in [1.82, 2.24) is 13.6 Å². The van der Waals surface area contributed by atoms with Gasteiger partial charge in [-0.1, -0.05) is 34.1 Å². The van der Waals surface area contributed by atoms with Gasteiger partial charge in [0.25, 0.3) is 0 Å². The second-order valence-electron chi connectivity index (χ2n) is 5.21. The van der Waals surface area contributed by atoms with Gasteiger partial charge in [0.05, 0.1) is 18.3 Å². The lowest BCUT2D eigenvalue weighted by Gasteiger charge is -2.16. The van der Waals surface area contributed by atoms with Crippen molar-refractivity contribution >= 4 is 33.6 Å². The van der Waals surface area contributed by atoms with Gasteiger partial charge in [-0.25, -0.2) is 0 Å². The van der Waals surface area contributed by atoms with E-state index in [1.165, 1.54) is 0 Å². The van der Waals surface area contributed by atoms with Crippen LogP contribution in [0.3, 0.4) is 0 Å². The smallest absolute Gasteiger partial charge is 0.246 e. The average molecular weight is 382 g/mol. The molecule has 1 aliphatic heterocycles. The highest BCUT2D eigenvalue weighted by Gasteiger charge is 2.27. The number of halogens is 1. The Labute approximate surface area is 141 Å². The van der Waals surface area contributed by atoms with Gasteiger partial charge in [0.15, 0.2) is 0 Å². The molecule has 5 nitrogen and oxygen atoms in total. The lowest BCUT2D eigenvalue weighted by molar-refractivity contribution is -0.130. The molecule has 1 unspecified atom stereocenters. The van der Waals surface area contributed by atoms with Gasteiger partial charge < -0.3 is 9.64 Å². The van der Waals surface area contributed by atoms with Crippen LogP contribution in [-0.4, -0.2) is 38.7 Å². The standard InChI is InChI=1S/C15H16BrN3O2S/c16-13-4-2-1-3-11(13)5-6-15(20)19-8-7-12(10-19)21-14-9-17-22-18-14/h1-4,9,12H,5-8,10H2. The van der Waals surface area contributed by atoms with E-state index in [0.717, 1.165) is 41.2 Å². The summed E-state index contributed by atoms with van der Waals surface area (Å²) in [5.74, 6) is 0.732. The molecule has 0 radical (unpaired) electrons. The predicted octanol–water partition coefficient (Wildman–Crippen LogP) is 2.91. The number of likely N-dealkylation sites (tertiary alicyclic amines) is 1. The number of ether oxygens (including phenoxy) is 1. The number of nitrogens with zero attached hydrogens (tertiary/aromatic N) is 3. The molecule has 1 fully saturated rings. The first-order valence-electron chi connectivity index (χ1n) is 7.18. The van der Waals surface area contributed by atoms with Crippen molar-refractivity contribution in [2.24, 2.45) is 0 Å². The molecule has 1 saturated heterocycles. The molecule has 0 spiro atoms. The molecule has 0 N–H and O–H groups in total. The molecule has 1 aromatic carbocycles. The van der Waals surface area contributed by atoms with E-state index in [-0.39, 0.29) is 12.0 Å². The quantitative estimate of drug-likeness (QED) is 0.798. The number of rotatable bonds is 5. The summed E-state index contributed by atoms with van der Waals surface area (Å²) in [6.45, 7) is 1.38. The van der Waals surface area contributed by atoms with E-state index in [4.69, 9.17) is 4.74 Å². The van der Waals surface area contributed by atoms with Crippen molar-refractivity contribution in [1.29, 1.82) is 0 Å². The molecule has 3 rings (SSSR count). The second-order valence-corrected chi connectivity index (χ2v) is 6.62. The normalized spacial score (nSPS) is 17.7. The molecule has 22 heavy (non-hydrogen) atoms. The number of benzene rings is 1. The maximum absolute atomic E-state index is 12.3. The van der Waals surface area contributed by atoms with Crippen LogP contribution in [0.1, 0.15) is 18.4 Å². The summed E-state index contributed by atoms with van der Waals surface area (Å²) in [5, 5.41) is 0. The predicted molar refractivity (Wildman–Crippen MR) is 88.0 cm³/mol. The van der Waals surface area contributed by atoms with Gasteiger partial charge in [-0.3, -0.25) is 4.79 Å². The summed E-state index contributed by atoms with van der Waals surface area (Å²) in [5.41, 5.74) is 1.16. The SMILES string of the molecule is O=C(CCc1ccccc1Br)N1CCC(Oc2cnsn2)C1. The van der Waals surface area contributed by atoms with E-state index in [1.54, 1.807) is 6.20 Å². The number of hydrogen-bond donors (Lipinski definition) is 0. The lowest BCUT2D eigenvalue weighted by atomic mass is 10.1. The Balaban J connectivity index is 1.48. The maximum Gasteiger partial charge on any atom is 0.246 e. The highest BCUT2D eigenvalue weighted by atomic mass is 79.9. The third kappa shape index (κ3) is 3.84. The monoisotopic (exact) mass is 381 g/mol. The molecular weight excluding hydrogens is 366 g/mol. The zero-order valence-electron chi connectivity index (χ0n) is 11.9. The number of amides is 1. The Morgan fingerprint density at radius 3 is 3.09 bits per heavy atom. The van der Waals surface area contributed by atoms with Gasteiger partial charge in [0.2, 0.25) is 11.8 Å². The lowest BCUT2D eigenvalue weighted by Crippen LogP contribution is -2.31. The van der Waals surface area contributed by atoms with E-state index < -0.39 is 0 Å². The summed E-state index contributed by atoms with van der Waals surface area (Å²) in [4.78, 5) is 14.2. The topological polar surface area (TPSA) is 55.3 Å². The first-order chi connectivity index (χ1) is 10.7. The van der Waals surface area contributed by atoms with Crippen LogP contribution >= 0.6 is 27.7 Å². The zero-order chi connectivity index (χ0) is 15.4. The van der Waals surface area contributed by atoms with Gasteiger partial charge in [-0.15, -0.1) is 4.37 Å². The fraction of sp³-hybridized carbons (Fsp3) is 0.400. The van der Waals surface area contributed by atoms with E-state index >= 15 is 0 Å². The van der Waals surface area contributed by atoms with Crippen LogP contribution < -0.4 is 4.74 Å². The summed E-state index contributed by atoms with van der Waals surface area (Å²) in [7, 11) is 0. The van der Waals surface area contributed by atoms with Crippen LogP contribution in [0.15, 0.2) is 34.9 Å². The number of aryl methyl sites for hydroxylation is 1. The van der Waals surface area contributed by atoms with Gasteiger partial charge in [0.1, 0.15) is 12.3 Å². The summed E-state index contributed by atoms with van der Waals surface area (Å²) >= 11 is 4.64. The Bertz CT molecular complexity index is 635. The van der Waals surface area contributed by atoms with Crippen LogP contribution in [0.25, 0.3) is 0 Å². The van der Waals surface area contributed by atoms with E-state index in [9.17, 15) is 4.79 Å². The van der Waals surface area contributed by atoms with Crippen molar-refractivity contribution in [3.8, 4) is 5.88 Å². The molecular formula is C15H16BrN3O2S. The van der Waals surface area contributed by atoms with Gasteiger partial charge in [-0.05, 0) is 18.1 Å². The molecule has 1 aromatic heterocycles. The maximum atomic E-state index is 12.3. The molecule has 0 bridgehead atoms. The molecule has 1 amide bonds. The highest BCUT2D eigenvalue weighted by Crippen LogP contribution is 2.20. The van der Waals surface area contributed by atoms with Crippen LogP contribution in [-0.2, 0) is 11.2 Å². The first-order valence-corrected chi connectivity index (χ1v) is 8.70. The van der Waals surface area contributed by atoms with Crippen molar-refractivity contribution < 1.29 is 9.53 Å². The van der Waals surface area contributed by atoms with E-state index in [0.29, 0.717) is 18.8 Å². The second kappa shape index (κ2) is 7.19. The first kappa shape index (κ1) is 15.4. The Hall–Kier alpha value is -1.47. The zero-order valence-corrected chi connectivity index (χ0v) is 14.3. The summed E-state index contributed by atoms with van der Waals surface area (Å²) in [6, 6.07) is 8.02. The minimum atomic E-state index is 0.0244.